The van der Waals surface area contributed by atoms with E-state index < -0.39 is 0 Å². The molecule has 7 nitrogen and oxygen atoms in total. The largest absolute Gasteiger partial charge is 0.380 e. The molecule has 7 heteroatoms. The zero-order valence-corrected chi connectivity index (χ0v) is 12.7. The summed E-state index contributed by atoms with van der Waals surface area (Å²) in [6, 6.07) is 1.81. The Morgan fingerprint density at radius 1 is 1.55 bits per heavy atom. The average molecular weight is 302 g/mol. The maximum atomic E-state index is 12.8. The standard InChI is InChI=1S/C15H18N4O3/c1-10-11(8-21-2)14(18-22-10)15(20)19-7-3-4-13(19)12-5-6-16-9-17-12/h5-6,9,13H,3-4,7-8H2,1-2H3. The molecule has 2 aromatic heterocycles. The van der Waals surface area contributed by atoms with E-state index in [9.17, 15) is 4.79 Å². The normalized spacial score (nSPS) is 17.9. The minimum absolute atomic E-state index is 0.0390. The van der Waals surface area contributed by atoms with Crippen molar-refractivity contribution in [1.82, 2.24) is 20.0 Å². The van der Waals surface area contributed by atoms with Crippen LogP contribution in [0, 0.1) is 6.92 Å². The molecule has 116 valence electrons. The Labute approximate surface area is 128 Å². The van der Waals surface area contributed by atoms with Crippen LogP contribution < -0.4 is 0 Å². The molecule has 0 radical (unpaired) electrons. The van der Waals surface area contributed by atoms with E-state index >= 15 is 0 Å². The van der Waals surface area contributed by atoms with Gasteiger partial charge in [0.25, 0.3) is 5.91 Å². The third kappa shape index (κ3) is 2.59. The molecule has 1 unspecified atom stereocenters. The number of likely N-dealkylation sites (tertiary alicyclic amines) is 1. The van der Waals surface area contributed by atoms with Crippen LogP contribution in [0.2, 0.25) is 0 Å². The van der Waals surface area contributed by atoms with Crippen LogP contribution in [0.5, 0.6) is 0 Å². The summed E-state index contributed by atoms with van der Waals surface area (Å²) in [5.41, 5.74) is 1.90. The second kappa shape index (κ2) is 6.23. The highest BCUT2D eigenvalue weighted by molar-refractivity contribution is 5.94. The topological polar surface area (TPSA) is 81.4 Å². The van der Waals surface area contributed by atoms with Gasteiger partial charge >= 0.3 is 0 Å². The summed E-state index contributed by atoms with van der Waals surface area (Å²) < 4.78 is 10.3. The number of amides is 1. The first-order chi connectivity index (χ1) is 10.7. The highest BCUT2D eigenvalue weighted by Gasteiger charge is 2.34. The van der Waals surface area contributed by atoms with E-state index in [4.69, 9.17) is 9.26 Å². The number of hydrogen-bond acceptors (Lipinski definition) is 6. The number of ether oxygens (including phenoxy) is 1. The fraction of sp³-hybridized carbons (Fsp3) is 0.467. The van der Waals surface area contributed by atoms with E-state index in [-0.39, 0.29) is 11.9 Å². The summed E-state index contributed by atoms with van der Waals surface area (Å²) in [7, 11) is 1.58. The highest BCUT2D eigenvalue weighted by atomic mass is 16.5. The van der Waals surface area contributed by atoms with E-state index in [1.54, 1.807) is 25.1 Å². The lowest BCUT2D eigenvalue weighted by atomic mass is 10.1. The Bertz CT molecular complexity index is 656. The van der Waals surface area contributed by atoms with Gasteiger partial charge in [0.15, 0.2) is 5.69 Å². The SMILES string of the molecule is COCc1c(C(=O)N2CCCC2c2ccncn2)noc1C. The Balaban J connectivity index is 1.88. The maximum absolute atomic E-state index is 12.8. The number of carbonyl (C=O) groups excluding carboxylic acids is 1. The molecule has 0 saturated carbocycles. The summed E-state index contributed by atoms with van der Waals surface area (Å²) in [5.74, 6) is 0.480. The predicted molar refractivity (Wildman–Crippen MR) is 77.0 cm³/mol. The molecule has 0 spiro atoms. The zero-order valence-electron chi connectivity index (χ0n) is 12.7. The Morgan fingerprint density at radius 3 is 3.14 bits per heavy atom. The van der Waals surface area contributed by atoms with Crippen LogP contribution in [0.15, 0.2) is 23.1 Å². The van der Waals surface area contributed by atoms with Gasteiger partial charge in [-0.05, 0) is 25.8 Å². The number of methoxy groups -OCH3 is 1. The first-order valence-corrected chi connectivity index (χ1v) is 7.23. The Hall–Kier alpha value is -2.28. The third-order valence-electron chi connectivity index (χ3n) is 3.94. The van der Waals surface area contributed by atoms with Crippen molar-refractivity contribution in [3.8, 4) is 0 Å². The number of aryl methyl sites for hydroxylation is 1. The van der Waals surface area contributed by atoms with Gasteiger partial charge in [-0.2, -0.15) is 0 Å². The minimum Gasteiger partial charge on any atom is -0.380 e. The quantitative estimate of drug-likeness (QED) is 0.858. The van der Waals surface area contributed by atoms with Crippen molar-refractivity contribution in [2.24, 2.45) is 0 Å². The zero-order chi connectivity index (χ0) is 15.5. The summed E-state index contributed by atoms with van der Waals surface area (Å²) in [4.78, 5) is 22.9. The number of nitrogens with zero attached hydrogens (tertiary/aromatic N) is 4. The van der Waals surface area contributed by atoms with Gasteiger partial charge in [0.05, 0.1) is 23.9 Å². The first kappa shape index (κ1) is 14.6. The molecule has 3 rings (SSSR count). The molecule has 0 aliphatic carbocycles. The van der Waals surface area contributed by atoms with Crippen molar-refractivity contribution < 1.29 is 14.1 Å². The fourth-order valence-corrected chi connectivity index (χ4v) is 2.82. The average Bonchev–Trinajstić information content (AvgIpc) is 3.16. The van der Waals surface area contributed by atoms with Crippen LogP contribution in [0.3, 0.4) is 0 Å². The molecule has 1 aliphatic rings. The summed E-state index contributed by atoms with van der Waals surface area (Å²) >= 11 is 0. The molecule has 1 amide bonds. The molecule has 1 saturated heterocycles. The van der Waals surface area contributed by atoms with Crippen molar-refractivity contribution in [3.05, 3.63) is 41.3 Å². The third-order valence-corrected chi connectivity index (χ3v) is 3.94. The lowest BCUT2D eigenvalue weighted by Crippen LogP contribution is -2.32. The molecule has 1 aliphatic heterocycles. The second-order valence-electron chi connectivity index (χ2n) is 5.29. The van der Waals surface area contributed by atoms with Gasteiger partial charge in [0.1, 0.15) is 12.1 Å². The predicted octanol–water partition coefficient (Wildman–Crippen LogP) is 1.90. The molecule has 22 heavy (non-hydrogen) atoms. The molecule has 0 bridgehead atoms. The van der Waals surface area contributed by atoms with E-state index in [2.05, 4.69) is 15.1 Å². The van der Waals surface area contributed by atoms with Crippen LogP contribution in [0.25, 0.3) is 0 Å². The van der Waals surface area contributed by atoms with Gasteiger partial charge in [-0.3, -0.25) is 4.79 Å². The number of carbonyl (C=O) groups is 1. The summed E-state index contributed by atoms with van der Waals surface area (Å²) in [6.07, 6.45) is 5.03. The van der Waals surface area contributed by atoms with Crippen LogP contribution in [-0.4, -0.2) is 39.6 Å². The molecular weight excluding hydrogens is 284 g/mol. The van der Waals surface area contributed by atoms with Gasteiger partial charge in [-0.15, -0.1) is 0 Å². The van der Waals surface area contributed by atoms with Gasteiger partial charge < -0.3 is 14.2 Å². The van der Waals surface area contributed by atoms with Crippen molar-refractivity contribution in [3.63, 3.8) is 0 Å². The second-order valence-corrected chi connectivity index (χ2v) is 5.29. The van der Waals surface area contributed by atoms with Crippen LogP contribution >= 0.6 is 0 Å². The van der Waals surface area contributed by atoms with E-state index in [0.717, 1.165) is 18.5 Å². The van der Waals surface area contributed by atoms with Gasteiger partial charge in [0, 0.05) is 19.9 Å². The molecule has 3 heterocycles. The fourth-order valence-electron chi connectivity index (χ4n) is 2.82. The van der Waals surface area contributed by atoms with Gasteiger partial charge in [-0.1, -0.05) is 5.16 Å². The van der Waals surface area contributed by atoms with Crippen LogP contribution in [-0.2, 0) is 11.3 Å². The van der Waals surface area contributed by atoms with Crippen molar-refractivity contribution in [2.45, 2.75) is 32.4 Å². The Kier molecular flexibility index (Phi) is 4.15. The van der Waals surface area contributed by atoms with Crippen molar-refractivity contribution >= 4 is 5.91 Å². The highest BCUT2D eigenvalue weighted by Crippen LogP contribution is 2.32. The molecule has 1 atom stereocenters. The molecule has 0 aromatic carbocycles. The van der Waals surface area contributed by atoms with Crippen molar-refractivity contribution in [2.75, 3.05) is 13.7 Å². The molecule has 1 fully saturated rings. The summed E-state index contributed by atoms with van der Waals surface area (Å²) in [6.45, 7) is 2.78. The van der Waals surface area contributed by atoms with Gasteiger partial charge in [0.2, 0.25) is 0 Å². The molecule has 0 N–H and O–H groups in total. The monoisotopic (exact) mass is 302 g/mol. The van der Waals surface area contributed by atoms with Crippen LogP contribution in [0.4, 0.5) is 0 Å². The van der Waals surface area contributed by atoms with E-state index in [1.807, 2.05) is 6.07 Å². The number of hydrogen-bond donors (Lipinski definition) is 0. The van der Waals surface area contributed by atoms with Crippen LogP contribution in [0.1, 0.15) is 46.4 Å². The lowest BCUT2D eigenvalue weighted by Gasteiger charge is -2.23. The molecular formula is C15H18N4O3. The van der Waals surface area contributed by atoms with E-state index in [1.165, 1.54) is 6.33 Å². The summed E-state index contributed by atoms with van der Waals surface area (Å²) in [5, 5.41) is 3.93. The van der Waals surface area contributed by atoms with Gasteiger partial charge in [-0.25, -0.2) is 9.97 Å². The Morgan fingerprint density at radius 2 is 2.41 bits per heavy atom. The smallest absolute Gasteiger partial charge is 0.276 e. The maximum Gasteiger partial charge on any atom is 0.276 e. The molecule has 2 aromatic rings. The first-order valence-electron chi connectivity index (χ1n) is 7.23. The number of aromatic nitrogens is 3. The lowest BCUT2D eigenvalue weighted by molar-refractivity contribution is 0.0718. The van der Waals surface area contributed by atoms with E-state index in [0.29, 0.717) is 30.2 Å². The minimum atomic E-state index is -0.134. The number of rotatable bonds is 4. The van der Waals surface area contributed by atoms with Crippen molar-refractivity contribution in [1.29, 1.82) is 0 Å².